The van der Waals surface area contributed by atoms with Crippen LogP contribution in [0.3, 0.4) is 0 Å². The fourth-order valence-electron chi connectivity index (χ4n) is 1.92. The lowest BCUT2D eigenvalue weighted by Crippen LogP contribution is -2.30. The van der Waals surface area contributed by atoms with E-state index in [0.717, 1.165) is 24.6 Å². The standard InChI is InChI=1S/C13H14F2N2O/c14-11-2-1-3-12(15)10(11)4-5-13(18)17-7-6-9(16)8-17/h1-5,9H,6-8,16H2/t9-/m1/s1. The predicted octanol–water partition coefficient (Wildman–Crippen LogP) is 1.54. The quantitative estimate of drug-likeness (QED) is 0.811. The summed E-state index contributed by atoms with van der Waals surface area (Å²) in [7, 11) is 0. The predicted molar refractivity (Wildman–Crippen MR) is 64.6 cm³/mol. The number of hydrogen-bond donors (Lipinski definition) is 1. The third-order valence-corrected chi connectivity index (χ3v) is 2.93. The lowest BCUT2D eigenvalue weighted by atomic mass is 10.2. The molecule has 0 unspecified atom stereocenters. The smallest absolute Gasteiger partial charge is 0.246 e. The van der Waals surface area contributed by atoms with Crippen molar-refractivity contribution in [1.29, 1.82) is 0 Å². The lowest BCUT2D eigenvalue weighted by molar-refractivity contribution is -0.124. The number of rotatable bonds is 2. The van der Waals surface area contributed by atoms with E-state index in [9.17, 15) is 13.6 Å². The number of amides is 1. The molecule has 1 aromatic rings. The molecule has 5 heteroatoms. The number of halogens is 2. The highest BCUT2D eigenvalue weighted by molar-refractivity contribution is 5.92. The van der Waals surface area contributed by atoms with Gasteiger partial charge in [-0.2, -0.15) is 0 Å². The maximum absolute atomic E-state index is 13.3. The maximum atomic E-state index is 13.3. The van der Waals surface area contributed by atoms with Crippen LogP contribution in [-0.4, -0.2) is 29.9 Å². The summed E-state index contributed by atoms with van der Waals surface area (Å²) >= 11 is 0. The van der Waals surface area contributed by atoms with E-state index in [1.54, 1.807) is 4.90 Å². The zero-order valence-electron chi connectivity index (χ0n) is 9.77. The third-order valence-electron chi connectivity index (χ3n) is 2.93. The van der Waals surface area contributed by atoms with Crippen molar-refractivity contribution < 1.29 is 13.6 Å². The van der Waals surface area contributed by atoms with E-state index < -0.39 is 11.6 Å². The van der Waals surface area contributed by atoms with E-state index in [1.165, 1.54) is 12.1 Å². The Kier molecular flexibility index (Phi) is 3.72. The molecule has 0 aromatic heterocycles. The summed E-state index contributed by atoms with van der Waals surface area (Å²) in [5, 5.41) is 0. The number of benzene rings is 1. The van der Waals surface area contributed by atoms with Crippen LogP contribution >= 0.6 is 0 Å². The van der Waals surface area contributed by atoms with Gasteiger partial charge >= 0.3 is 0 Å². The Hall–Kier alpha value is -1.75. The van der Waals surface area contributed by atoms with E-state index in [-0.39, 0.29) is 17.5 Å². The van der Waals surface area contributed by atoms with Crippen LogP contribution in [0.1, 0.15) is 12.0 Å². The van der Waals surface area contributed by atoms with E-state index in [0.29, 0.717) is 13.1 Å². The second kappa shape index (κ2) is 5.27. The molecule has 1 fully saturated rings. The van der Waals surface area contributed by atoms with E-state index in [2.05, 4.69) is 0 Å². The van der Waals surface area contributed by atoms with Gasteiger partial charge in [0.25, 0.3) is 0 Å². The van der Waals surface area contributed by atoms with Crippen LogP contribution in [0.15, 0.2) is 24.3 Å². The molecule has 1 aliphatic heterocycles. The van der Waals surface area contributed by atoms with Crippen LogP contribution in [0.25, 0.3) is 6.08 Å². The van der Waals surface area contributed by atoms with Gasteiger partial charge in [-0.25, -0.2) is 8.78 Å². The van der Waals surface area contributed by atoms with Gasteiger partial charge < -0.3 is 10.6 Å². The van der Waals surface area contributed by atoms with Crippen LogP contribution in [0.2, 0.25) is 0 Å². The highest BCUT2D eigenvalue weighted by Crippen LogP contribution is 2.14. The molecule has 0 spiro atoms. The Labute approximate surface area is 104 Å². The van der Waals surface area contributed by atoms with Gasteiger partial charge in [-0.05, 0) is 24.6 Å². The molecule has 2 rings (SSSR count). The molecule has 0 bridgehead atoms. The largest absolute Gasteiger partial charge is 0.338 e. The summed E-state index contributed by atoms with van der Waals surface area (Å²) < 4.78 is 26.6. The van der Waals surface area contributed by atoms with Gasteiger partial charge in [0.2, 0.25) is 5.91 Å². The average molecular weight is 252 g/mol. The summed E-state index contributed by atoms with van der Waals surface area (Å²) in [5.74, 6) is -1.64. The number of likely N-dealkylation sites (tertiary alicyclic amines) is 1. The van der Waals surface area contributed by atoms with Gasteiger partial charge in [0.1, 0.15) is 11.6 Å². The van der Waals surface area contributed by atoms with Gasteiger partial charge in [-0.1, -0.05) is 6.07 Å². The SMILES string of the molecule is N[C@@H]1CCN(C(=O)C=Cc2c(F)cccc2F)C1. The Morgan fingerprint density at radius 1 is 1.39 bits per heavy atom. The summed E-state index contributed by atoms with van der Waals surface area (Å²) in [6.07, 6.45) is 3.10. The summed E-state index contributed by atoms with van der Waals surface area (Å²) in [6, 6.07) is 3.58. The van der Waals surface area contributed by atoms with Crippen LogP contribution in [0.4, 0.5) is 8.78 Å². The first-order valence-corrected chi connectivity index (χ1v) is 5.74. The molecule has 1 amide bonds. The summed E-state index contributed by atoms with van der Waals surface area (Å²) in [4.78, 5) is 13.3. The van der Waals surface area contributed by atoms with Crippen molar-refractivity contribution in [2.24, 2.45) is 5.73 Å². The normalized spacial score (nSPS) is 19.7. The molecule has 1 aliphatic rings. The Bertz CT molecular complexity index is 468. The van der Waals surface area contributed by atoms with Crippen molar-refractivity contribution in [3.63, 3.8) is 0 Å². The highest BCUT2D eigenvalue weighted by atomic mass is 19.1. The molecule has 3 nitrogen and oxygen atoms in total. The Morgan fingerprint density at radius 2 is 2.06 bits per heavy atom. The van der Waals surface area contributed by atoms with Crippen molar-refractivity contribution in [1.82, 2.24) is 4.90 Å². The average Bonchev–Trinajstić information content (AvgIpc) is 2.75. The Morgan fingerprint density at radius 3 is 2.61 bits per heavy atom. The molecule has 96 valence electrons. The van der Waals surface area contributed by atoms with Gasteiger partial charge in [0.15, 0.2) is 0 Å². The first-order chi connectivity index (χ1) is 8.58. The van der Waals surface area contributed by atoms with Crippen molar-refractivity contribution in [3.05, 3.63) is 41.5 Å². The van der Waals surface area contributed by atoms with E-state index in [1.807, 2.05) is 0 Å². The molecular weight excluding hydrogens is 238 g/mol. The summed E-state index contributed by atoms with van der Waals surface area (Å²) in [6.45, 7) is 1.08. The molecule has 1 heterocycles. The fraction of sp³-hybridized carbons (Fsp3) is 0.308. The number of carbonyl (C=O) groups is 1. The Balaban J connectivity index is 2.09. The van der Waals surface area contributed by atoms with Crippen LogP contribution < -0.4 is 5.73 Å². The van der Waals surface area contributed by atoms with Gasteiger partial charge in [0.05, 0.1) is 0 Å². The van der Waals surface area contributed by atoms with Crippen LogP contribution in [0, 0.1) is 11.6 Å². The van der Waals surface area contributed by atoms with Crippen molar-refractivity contribution in [2.45, 2.75) is 12.5 Å². The summed E-state index contributed by atoms with van der Waals surface area (Å²) in [5.41, 5.74) is 5.48. The number of nitrogens with zero attached hydrogens (tertiary/aromatic N) is 1. The maximum Gasteiger partial charge on any atom is 0.246 e. The van der Waals surface area contributed by atoms with E-state index in [4.69, 9.17) is 5.73 Å². The molecule has 1 aromatic carbocycles. The highest BCUT2D eigenvalue weighted by Gasteiger charge is 2.21. The van der Waals surface area contributed by atoms with Crippen molar-refractivity contribution in [3.8, 4) is 0 Å². The minimum Gasteiger partial charge on any atom is -0.338 e. The molecule has 2 N–H and O–H groups in total. The molecule has 18 heavy (non-hydrogen) atoms. The van der Waals surface area contributed by atoms with Gasteiger partial charge in [0, 0.05) is 30.8 Å². The first-order valence-electron chi connectivity index (χ1n) is 5.74. The number of nitrogens with two attached hydrogens (primary N) is 1. The lowest BCUT2D eigenvalue weighted by Gasteiger charge is -2.12. The molecule has 1 atom stereocenters. The van der Waals surface area contributed by atoms with Gasteiger partial charge in [-0.3, -0.25) is 4.79 Å². The number of carbonyl (C=O) groups excluding carboxylic acids is 1. The second-order valence-corrected chi connectivity index (χ2v) is 4.30. The molecular formula is C13H14F2N2O. The van der Waals surface area contributed by atoms with Crippen LogP contribution in [-0.2, 0) is 4.79 Å². The minimum absolute atomic E-state index is 0.00690. The second-order valence-electron chi connectivity index (χ2n) is 4.30. The molecule has 1 saturated heterocycles. The molecule has 0 aliphatic carbocycles. The molecule has 0 radical (unpaired) electrons. The zero-order chi connectivity index (χ0) is 13.1. The van der Waals surface area contributed by atoms with Gasteiger partial charge in [-0.15, -0.1) is 0 Å². The van der Waals surface area contributed by atoms with E-state index >= 15 is 0 Å². The van der Waals surface area contributed by atoms with Crippen molar-refractivity contribution in [2.75, 3.05) is 13.1 Å². The fourth-order valence-corrected chi connectivity index (χ4v) is 1.92. The first kappa shape index (κ1) is 12.7. The number of hydrogen-bond acceptors (Lipinski definition) is 2. The van der Waals surface area contributed by atoms with Crippen LogP contribution in [0.5, 0.6) is 0 Å². The topological polar surface area (TPSA) is 46.3 Å². The monoisotopic (exact) mass is 252 g/mol. The molecule has 0 saturated carbocycles. The van der Waals surface area contributed by atoms with Crippen molar-refractivity contribution >= 4 is 12.0 Å². The zero-order valence-corrected chi connectivity index (χ0v) is 9.77. The third kappa shape index (κ3) is 2.73. The minimum atomic E-state index is -0.683.